The first-order valence-electron chi connectivity index (χ1n) is 7.41. The van der Waals surface area contributed by atoms with E-state index in [0.29, 0.717) is 10.1 Å². The molecule has 6 nitrogen and oxygen atoms in total. The van der Waals surface area contributed by atoms with Gasteiger partial charge >= 0.3 is 0 Å². The number of rotatable bonds is 6. The summed E-state index contributed by atoms with van der Waals surface area (Å²) in [7, 11) is 1.63. The van der Waals surface area contributed by atoms with Crippen molar-refractivity contribution >= 4 is 44.9 Å². The van der Waals surface area contributed by atoms with Gasteiger partial charge in [0.05, 0.1) is 18.2 Å². The summed E-state index contributed by atoms with van der Waals surface area (Å²) in [5.74, 6) is 0.667. The Morgan fingerprint density at radius 3 is 2.72 bits per heavy atom. The van der Waals surface area contributed by atoms with Gasteiger partial charge in [-0.15, -0.1) is 11.3 Å². The lowest BCUT2D eigenvalue weighted by atomic mass is 10.2. The smallest absolute Gasteiger partial charge is 0.221 e. The van der Waals surface area contributed by atoms with Crippen molar-refractivity contribution in [2.45, 2.75) is 6.92 Å². The zero-order valence-corrected chi connectivity index (χ0v) is 15.3. The molecule has 0 aliphatic heterocycles. The number of anilines is 2. The van der Waals surface area contributed by atoms with E-state index in [9.17, 15) is 4.79 Å². The molecule has 2 aromatic heterocycles. The topological polar surface area (TPSA) is 75.6 Å². The molecule has 0 atom stereocenters. The summed E-state index contributed by atoms with van der Waals surface area (Å²) < 4.78 is 5.12. The maximum Gasteiger partial charge on any atom is 0.221 e. The summed E-state index contributed by atoms with van der Waals surface area (Å²) in [5.41, 5.74) is 4.60. The molecule has 0 aliphatic rings. The van der Waals surface area contributed by atoms with Crippen LogP contribution in [0.1, 0.15) is 12.5 Å². The third-order valence-corrected chi connectivity index (χ3v) is 4.91. The van der Waals surface area contributed by atoms with Crippen LogP contribution >= 0.6 is 22.7 Å². The molecule has 1 aromatic carbocycles. The second kappa shape index (κ2) is 7.91. The number of ether oxygens (including phenoxy) is 1. The zero-order valence-electron chi connectivity index (χ0n) is 13.6. The van der Waals surface area contributed by atoms with Gasteiger partial charge in [-0.2, -0.15) is 5.10 Å². The largest absolute Gasteiger partial charge is 0.497 e. The van der Waals surface area contributed by atoms with Crippen molar-refractivity contribution in [3.05, 3.63) is 47.3 Å². The van der Waals surface area contributed by atoms with Gasteiger partial charge < -0.3 is 10.1 Å². The fraction of sp³-hybridized carbons (Fsp3) is 0.118. The Labute approximate surface area is 153 Å². The molecule has 8 heteroatoms. The first-order valence-corrected chi connectivity index (χ1v) is 9.11. The fourth-order valence-electron chi connectivity index (χ4n) is 2.04. The van der Waals surface area contributed by atoms with Crippen molar-refractivity contribution < 1.29 is 9.53 Å². The highest BCUT2D eigenvalue weighted by atomic mass is 32.1. The van der Waals surface area contributed by atoms with Crippen LogP contribution in [-0.4, -0.2) is 24.2 Å². The summed E-state index contributed by atoms with van der Waals surface area (Å²) >= 11 is 2.92. The number of carbonyl (C=O) groups is 1. The number of hydrazone groups is 1. The van der Waals surface area contributed by atoms with Gasteiger partial charge in [0.2, 0.25) is 11.0 Å². The highest BCUT2D eigenvalue weighted by Crippen LogP contribution is 2.37. The zero-order chi connectivity index (χ0) is 17.6. The number of benzene rings is 1. The molecular weight excluding hydrogens is 356 g/mol. The van der Waals surface area contributed by atoms with E-state index in [-0.39, 0.29) is 5.91 Å². The monoisotopic (exact) mass is 372 g/mol. The average Bonchev–Trinajstić information content (AvgIpc) is 3.25. The first-order chi connectivity index (χ1) is 12.2. The Bertz CT molecular complexity index is 871. The first kappa shape index (κ1) is 17.1. The SMILES string of the molecule is COc1ccc(C=NNc2nc(-c3cccs3)c(NC(C)=O)s2)cc1. The van der Waals surface area contributed by atoms with Crippen LogP contribution in [0.15, 0.2) is 46.9 Å². The van der Waals surface area contributed by atoms with Crippen molar-refractivity contribution in [2.75, 3.05) is 17.9 Å². The molecule has 2 N–H and O–H groups in total. The highest BCUT2D eigenvalue weighted by molar-refractivity contribution is 7.21. The summed E-state index contributed by atoms with van der Waals surface area (Å²) in [6.45, 7) is 1.48. The van der Waals surface area contributed by atoms with E-state index in [4.69, 9.17) is 4.74 Å². The van der Waals surface area contributed by atoms with Crippen LogP contribution in [-0.2, 0) is 4.79 Å². The predicted molar refractivity (Wildman–Crippen MR) is 104 cm³/mol. The van der Waals surface area contributed by atoms with Crippen molar-refractivity contribution in [1.29, 1.82) is 0 Å². The summed E-state index contributed by atoms with van der Waals surface area (Å²) in [4.78, 5) is 16.9. The Morgan fingerprint density at radius 2 is 2.08 bits per heavy atom. The number of aromatic nitrogens is 1. The van der Waals surface area contributed by atoms with Crippen molar-refractivity contribution in [3.8, 4) is 16.3 Å². The Hall–Kier alpha value is -2.71. The number of hydrogen-bond donors (Lipinski definition) is 2. The molecule has 25 heavy (non-hydrogen) atoms. The molecule has 0 bridgehead atoms. The normalized spacial score (nSPS) is 10.8. The minimum absolute atomic E-state index is 0.130. The fourth-order valence-corrected chi connectivity index (χ4v) is 3.71. The van der Waals surface area contributed by atoms with Gasteiger partial charge in [-0.3, -0.25) is 10.2 Å². The molecule has 0 saturated carbocycles. The molecule has 0 spiro atoms. The van der Waals surface area contributed by atoms with Crippen molar-refractivity contribution in [1.82, 2.24) is 4.98 Å². The second-order valence-electron chi connectivity index (χ2n) is 5.00. The van der Waals surface area contributed by atoms with Crippen molar-refractivity contribution in [3.63, 3.8) is 0 Å². The number of thiazole rings is 1. The Balaban J connectivity index is 1.75. The lowest BCUT2D eigenvalue weighted by Gasteiger charge is -1.99. The molecule has 0 radical (unpaired) electrons. The maximum atomic E-state index is 11.4. The van der Waals surface area contributed by atoms with Crippen molar-refractivity contribution in [2.24, 2.45) is 5.10 Å². The van der Waals surface area contributed by atoms with Gasteiger partial charge in [0.25, 0.3) is 0 Å². The number of nitrogens with zero attached hydrogens (tertiary/aromatic N) is 2. The molecule has 0 fully saturated rings. The van der Waals surface area contributed by atoms with Gasteiger partial charge in [-0.1, -0.05) is 17.4 Å². The van der Waals surface area contributed by atoms with Crippen LogP contribution in [0, 0.1) is 0 Å². The lowest BCUT2D eigenvalue weighted by molar-refractivity contribution is -0.114. The molecular formula is C17H16N4O2S2. The van der Waals surface area contributed by atoms with E-state index in [1.54, 1.807) is 24.7 Å². The predicted octanol–water partition coefficient (Wildman–Crippen LogP) is 4.28. The standard InChI is InChI=1S/C17H16N4O2S2/c1-11(22)19-16-15(14-4-3-9-24-14)20-17(25-16)21-18-10-12-5-7-13(23-2)8-6-12/h3-10H,1-2H3,(H,19,22)(H,20,21). The third kappa shape index (κ3) is 4.43. The summed E-state index contributed by atoms with van der Waals surface area (Å²) in [6.07, 6.45) is 1.70. The Kier molecular flexibility index (Phi) is 5.42. The molecule has 3 aromatic rings. The number of methoxy groups -OCH3 is 1. The number of thiophene rings is 1. The minimum atomic E-state index is -0.130. The second-order valence-corrected chi connectivity index (χ2v) is 6.95. The van der Waals surface area contributed by atoms with Crippen LogP contribution in [0.2, 0.25) is 0 Å². The van der Waals surface area contributed by atoms with E-state index in [0.717, 1.165) is 21.9 Å². The number of carbonyl (C=O) groups excluding carboxylic acids is 1. The van der Waals surface area contributed by atoms with Crippen LogP contribution in [0.5, 0.6) is 5.75 Å². The van der Waals surface area contributed by atoms with E-state index in [2.05, 4.69) is 20.8 Å². The maximum absolute atomic E-state index is 11.4. The van der Waals surface area contributed by atoms with Crippen LogP contribution in [0.25, 0.3) is 10.6 Å². The van der Waals surface area contributed by atoms with E-state index in [1.807, 2.05) is 41.8 Å². The van der Waals surface area contributed by atoms with Crippen LogP contribution in [0.3, 0.4) is 0 Å². The van der Waals surface area contributed by atoms with Gasteiger partial charge in [0.1, 0.15) is 16.4 Å². The van der Waals surface area contributed by atoms with Crippen LogP contribution < -0.4 is 15.5 Å². The summed E-state index contributed by atoms with van der Waals surface area (Å²) in [6, 6.07) is 11.5. The average molecular weight is 372 g/mol. The molecule has 0 saturated heterocycles. The van der Waals surface area contributed by atoms with Gasteiger partial charge in [-0.05, 0) is 41.3 Å². The molecule has 128 valence electrons. The summed E-state index contributed by atoms with van der Waals surface area (Å²) in [5, 5.41) is 10.3. The quantitative estimate of drug-likeness (QED) is 0.500. The number of hydrogen-bond acceptors (Lipinski definition) is 7. The van der Waals surface area contributed by atoms with E-state index < -0.39 is 0 Å². The van der Waals surface area contributed by atoms with E-state index >= 15 is 0 Å². The molecule has 0 unspecified atom stereocenters. The van der Waals surface area contributed by atoms with Gasteiger partial charge in [-0.25, -0.2) is 4.98 Å². The van der Waals surface area contributed by atoms with Crippen LogP contribution in [0.4, 0.5) is 10.1 Å². The number of nitrogens with one attached hydrogen (secondary N) is 2. The molecule has 1 amide bonds. The molecule has 0 aliphatic carbocycles. The number of amides is 1. The molecule has 3 rings (SSSR count). The highest BCUT2D eigenvalue weighted by Gasteiger charge is 2.14. The Morgan fingerprint density at radius 1 is 1.28 bits per heavy atom. The van der Waals surface area contributed by atoms with Gasteiger partial charge in [0, 0.05) is 6.92 Å². The third-order valence-electron chi connectivity index (χ3n) is 3.16. The van der Waals surface area contributed by atoms with E-state index in [1.165, 1.54) is 18.3 Å². The lowest BCUT2D eigenvalue weighted by Crippen LogP contribution is -2.04. The minimum Gasteiger partial charge on any atom is -0.497 e. The molecule has 2 heterocycles. The van der Waals surface area contributed by atoms with Gasteiger partial charge in [0.15, 0.2) is 0 Å².